The summed E-state index contributed by atoms with van der Waals surface area (Å²) in [4.78, 5) is 5.79. The van der Waals surface area contributed by atoms with Crippen molar-refractivity contribution >= 4 is 35.5 Å². The molecule has 2 heterocycles. The van der Waals surface area contributed by atoms with E-state index < -0.39 is 0 Å². The van der Waals surface area contributed by atoms with Crippen LogP contribution in [0.5, 0.6) is 0 Å². The SMILES string of the molecule is S=c1[nH]nc(-c2ccc(N=Cc3cccs3)cc2)o1. The van der Waals surface area contributed by atoms with Gasteiger partial charge in [0.05, 0.1) is 5.69 Å². The summed E-state index contributed by atoms with van der Waals surface area (Å²) in [7, 11) is 0. The Balaban J connectivity index is 1.81. The molecule has 0 radical (unpaired) electrons. The largest absolute Gasteiger partial charge is 0.409 e. The Morgan fingerprint density at radius 3 is 2.74 bits per heavy atom. The fourth-order valence-corrected chi connectivity index (χ4v) is 2.26. The summed E-state index contributed by atoms with van der Waals surface area (Å²) >= 11 is 6.49. The quantitative estimate of drug-likeness (QED) is 0.580. The van der Waals surface area contributed by atoms with E-state index in [0.29, 0.717) is 5.89 Å². The van der Waals surface area contributed by atoms with Crippen LogP contribution in [0, 0.1) is 4.84 Å². The summed E-state index contributed by atoms with van der Waals surface area (Å²) in [6.45, 7) is 0. The normalized spacial score (nSPS) is 11.2. The van der Waals surface area contributed by atoms with Crippen molar-refractivity contribution in [2.75, 3.05) is 0 Å². The average Bonchev–Trinajstić information content (AvgIpc) is 3.08. The number of benzene rings is 1. The average molecular weight is 287 g/mol. The summed E-state index contributed by atoms with van der Waals surface area (Å²) in [6.07, 6.45) is 1.85. The van der Waals surface area contributed by atoms with Crippen LogP contribution < -0.4 is 0 Å². The molecule has 1 aromatic carbocycles. The first-order chi connectivity index (χ1) is 9.31. The van der Waals surface area contributed by atoms with Gasteiger partial charge in [0, 0.05) is 16.7 Å². The van der Waals surface area contributed by atoms with Gasteiger partial charge in [-0.05, 0) is 47.9 Å². The van der Waals surface area contributed by atoms with Crippen LogP contribution in [-0.2, 0) is 0 Å². The first-order valence-corrected chi connectivity index (χ1v) is 6.83. The van der Waals surface area contributed by atoms with Crippen LogP contribution in [0.1, 0.15) is 4.88 Å². The summed E-state index contributed by atoms with van der Waals surface area (Å²) in [5, 5.41) is 8.59. The first-order valence-electron chi connectivity index (χ1n) is 5.55. The second-order valence-electron chi connectivity index (χ2n) is 3.74. The van der Waals surface area contributed by atoms with Gasteiger partial charge in [0.1, 0.15) is 0 Å². The van der Waals surface area contributed by atoms with Crippen LogP contribution in [0.3, 0.4) is 0 Å². The molecule has 0 aliphatic rings. The Bertz CT molecular complexity index is 739. The van der Waals surface area contributed by atoms with Crippen molar-refractivity contribution in [3.63, 3.8) is 0 Å². The minimum atomic E-state index is 0.273. The topological polar surface area (TPSA) is 54.2 Å². The van der Waals surface area contributed by atoms with Gasteiger partial charge in [0.15, 0.2) is 0 Å². The van der Waals surface area contributed by atoms with E-state index >= 15 is 0 Å². The number of nitrogens with one attached hydrogen (secondary N) is 1. The Morgan fingerprint density at radius 2 is 2.11 bits per heavy atom. The molecule has 0 amide bonds. The molecule has 0 saturated heterocycles. The van der Waals surface area contributed by atoms with Crippen LogP contribution in [0.2, 0.25) is 0 Å². The lowest BCUT2D eigenvalue weighted by Gasteiger charge is -1.95. The lowest BCUT2D eigenvalue weighted by atomic mass is 10.2. The van der Waals surface area contributed by atoms with Gasteiger partial charge in [0.25, 0.3) is 4.84 Å². The predicted octanol–water partition coefficient (Wildman–Crippen LogP) is 4.21. The van der Waals surface area contributed by atoms with Gasteiger partial charge >= 0.3 is 0 Å². The van der Waals surface area contributed by atoms with Gasteiger partial charge in [-0.3, -0.25) is 4.99 Å². The molecule has 0 bridgehead atoms. The minimum Gasteiger partial charge on any atom is -0.409 e. The monoisotopic (exact) mass is 287 g/mol. The van der Waals surface area contributed by atoms with Crippen LogP contribution in [0.25, 0.3) is 11.5 Å². The molecule has 0 fully saturated rings. The van der Waals surface area contributed by atoms with E-state index in [4.69, 9.17) is 16.6 Å². The maximum atomic E-state index is 5.24. The van der Waals surface area contributed by atoms with E-state index in [9.17, 15) is 0 Å². The van der Waals surface area contributed by atoms with Crippen molar-refractivity contribution in [1.29, 1.82) is 0 Å². The van der Waals surface area contributed by atoms with Crippen molar-refractivity contribution in [2.24, 2.45) is 4.99 Å². The standard InChI is InChI=1S/C13H9N3OS2/c18-13-16-15-12(17-13)9-3-5-10(6-4-9)14-8-11-2-1-7-19-11/h1-8H,(H,16,18). The number of thiophene rings is 1. The van der Waals surface area contributed by atoms with Gasteiger partial charge < -0.3 is 4.42 Å². The Hall–Kier alpha value is -2.05. The predicted molar refractivity (Wildman–Crippen MR) is 78.7 cm³/mol. The lowest BCUT2D eigenvalue weighted by molar-refractivity contribution is 0.552. The molecule has 19 heavy (non-hydrogen) atoms. The van der Waals surface area contributed by atoms with E-state index in [-0.39, 0.29) is 4.84 Å². The highest BCUT2D eigenvalue weighted by Gasteiger charge is 2.02. The van der Waals surface area contributed by atoms with E-state index in [2.05, 4.69) is 15.2 Å². The molecule has 0 atom stereocenters. The Kier molecular flexibility index (Phi) is 3.35. The van der Waals surface area contributed by atoms with Crippen LogP contribution in [-0.4, -0.2) is 16.4 Å². The molecule has 0 aliphatic carbocycles. The van der Waals surface area contributed by atoms with Crippen molar-refractivity contribution in [1.82, 2.24) is 10.2 Å². The summed E-state index contributed by atoms with van der Waals surface area (Å²) in [5.74, 6) is 0.485. The zero-order valence-corrected chi connectivity index (χ0v) is 11.4. The number of aromatic nitrogens is 2. The highest BCUT2D eigenvalue weighted by atomic mass is 32.1. The molecule has 0 unspecified atom stereocenters. The molecule has 0 spiro atoms. The molecule has 3 aromatic rings. The van der Waals surface area contributed by atoms with Gasteiger partial charge in [0.2, 0.25) is 5.89 Å². The molecule has 0 saturated carbocycles. The van der Waals surface area contributed by atoms with Gasteiger partial charge in [-0.2, -0.15) is 0 Å². The number of hydrogen-bond donors (Lipinski definition) is 1. The van der Waals surface area contributed by atoms with E-state index in [0.717, 1.165) is 16.1 Å². The maximum absolute atomic E-state index is 5.24. The van der Waals surface area contributed by atoms with Crippen LogP contribution in [0.4, 0.5) is 5.69 Å². The summed E-state index contributed by atoms with van der Waals surface area (Å²) in [6, 6.07) is 11.6. The summed E-state index contributed by atoms with van der Waals surface area (Å²) < 4.78 is 5.24. The molecule has 1 N–H and O–H groups in total. The summed E-state index contributed by atoms with van der Waals surface area (Å²) in [5.41, 5.74) is 1.74. The zero-order chi connectivity index (χ0) is 13.1. The third-order valence-electron chi connectivity index (χ3n) is 2.44. The second kappa shape index (κ2) is 5.29. The number of aromatic amines is 1. The lowest BCUT2D eigenvalue weighted by Crippen LogP contribution is -1.77. The second-order valence-corrected chi connectivity index (χ2v) is 5.09. The number of rotatable bonds is 3. The van der Waals surface area contributed by atoms with Gasteiger partial charge in [-0.1, -0.05) is 6.07 Å². The van der Waals surface area contributed by atoms with Crippen LogP contribution in [0.15, 0.2) is 51.2 Å². The van der Waals surface area contributed by atoms with E-state index in [1.807, 2.05) is 48.0 Å². The maximum Gasteiger partial charge on any atom is 0.284 e. The van der Waals surface area contributed by atoms with Crippen molar-refractivity contribution in [3.05, 3.63) is 51.5 Å². The highest BCUT2D eigenvalue weighted by molar-refractivity contribution is 7.71. The molecule has 94 valence electrons. The zero-order valence-electron chi connectivity index (χ0n) is 9.74. The molecule has 3 rings (SSSR count). The molecule has 2 aromatic heterocycles. The van der Waals surface area contributed by atoms with E-state index in [1.54, 1.807) is 11.3 Å². The number of H-pyrrole nitrogens is 1. The third kappa shape index (κ3) is 2.86. The fourth-order valence-electron chi connectivity index (χ4n) is 1.55. The molecular weight excluding hydrogens is 278 g/mol. The Morgan fingerprint density at radius 1 is 1.26 bits per heavy atom. The van der Waals surface area contributed by atoms with Gasteiger partial charge in [-0.25, -0.2) is 5.10 Å². The third-order valence-corrected chi connectivity index (χ3v) is 3.42. The first kappa shape index (κ1) is 12.0. The smallest absolute Gasteiger partial charge is 0.284 e. The number of aliphatic imine (C=N–C) groups is 1. The van der Waals surface area contributed by atoms with Crippen LogP contribution >= 0.6 is 23.6 Å². The minimum absolute atomic E-state index is 0.273. The van der Waals surface area contributed by atoms with Crippen molar-refractivity contribution in [3.8, 4) is 11.5 Å². The van der Waals surface area contributed by atoms with Crippen molar-refractivity contribution < 1.29 is 4.42 Å². The molecule has 4 nitrogen and oxygen atoms in total. The highest BCUT2D eigenvalue weighted by Crippen LogP contribution is 2.21. The molecule has 6 heteroatoms. The van der Waals surface area contributed by atoms with Crippen molar-refractivity contribution in [2.45, 2.75) is 0 Å². The molecule has 0 aliphatic heterocycles. The van der Waals surface area contributed by atoms with Gasteiger partial charge in [-0.15, -0.1) is 16.4 Å². The number of hydrogen-bond acceptors (Lipinski definition) is 5. The molecular formula is C13H9N3OS2. The Labute approximate surface area is 118 Å². The van der Waals surface area contributed by atoms with E-state index in [1.165, 1.54) is 0 Å². The fraction of sp³-hybridized carbons (Fsp3) is 0. The number of nitrogens with zero attached hydrogens (tertiary/aromatic N) is 2.